The van der Waals surface area contributed by atoms with E-state index in [-0.39, 0.29) is 31.1 Å². The number of halogens is 6. The van der Waals surface area contributed by atoms with Gasteiger partial charge in [-0.15, -0.1) is 0 Å². The summed E-state index contributed by atoms with van der Waals surface area (Å²) < 4.78 is 87.7. The third-order valence-corrected chi connectivity index (χ3v) is 3.63. The molecule has 0 aliphatic heterocycles. The third kappa shape index (κ3) is 8.50. The van der Waals surface area contributed by atoms with Crippen molar-refractivity contribution < 1.29 is 45.4 Å². The fourth-order valence-electron chi connectivity index (χ4n) is 2.42. The fraction of sp³-hybridized carbons (Fsp3) is 0.579. The first-order valence-electron chi connectivity index (χ1n) is 8.97. The molecule has 0 spiro atoms. The summed E-state index contributed by atoms with van der Waals surface area (Å²) in [7, 11) is 0. The molecule has 30 heavy (non-hydrogen) atoms. The van der Waals surface area contributed by atoms with Crippen molar-refractivity contribution in [1.29, 1.82) is 0 Å². The molecule has 0 heterocycles. The Kier molecular flexibility index (Phi) is 8.16. The van der Waals surface area contributed by atoms with Crippen LogP contribution in [0.2, 0.25) is 0 Å². The first-order chi connectivity index (χ1) is 13.5. The minimum atomic E-state index is -4.98. The number of benzene rings is 1. The Bertz CT molecular complexity index is 721. The van der Waals surface area contributed by atoms with E-state index >= 15 is 0 Å². The van der Waals surface area contributed by atoms with Gasteiger partial charge in [-0.2, -0.15) is 26.3 Å². The highest BCUT2D eigenvalue weighted by Gasteiger charge is 2.37. The van der Waals surface area contributed by atoms with Crippen LogP contribution in [-0.2, 0) is 33.0 Å². The zero-order valence-corrected chi connectivity index (χ0v) is 16.8. The average molecular weight is 443 g/mol. The zero-order chi connectivity index (χ0) is 23.3. The summed E-state index contributed by atoms with van der Waals surface area (Å²) in [5.74, 6) is -0.883. The lowest BCUT2D eigenvalue weighted by atomic mass is 9.99. The molecule has 0 unspecified atom stereocenters. The van der Waals surface area contributed by atoms with Crippen molar-refractivity contribution in [2.24, 2.45) is 0 Å². The van der Waals surface area contributed by atoms with Crippen LogP contribution in [0.1, 0.15) is 50.8 Å². The van der Waals surface area contributed by atoms with Gasteiger partial charge in [-0.3, -0.25) is 0 Å². The van der Waals surface area contributed by atoms with E-state index < -0.39 is 47.2 Å². The number of esters is 1. The second-order valence-corrected chi connectivity index (χ2v) is 7.40. The molecule has 1 amide bonds. The number of aryl methyl sites for hydroxylation is 1. The molecule has 0 aliphatic rings. The average Bonchev–Trinajstić information content (AvgIpc) is 2.55. The maximum Gasteiger partial charge on any atom is 0.416 e. The molecule has 1 rings (SSSR count). The SMILES string of the molecule is CCOC(=O)[C@H](CCc1cc(C(F)(F)F)cc(C(F)(F)F)c1)NC(=O)OC(C)(C)C. The number of alkyl carbamates (subject to hydrolysis) is 1. The second kappa shape index (κ2) is 9.57. The predicted octanol–water partition coefficient (Wildman–Crippen LogP) is 5.11. The molecule has 1 aromatic carbocycles. The van der Waals surface area contributed by atoms with Crippen LogP contribution in [0.4, 0.5) is 31.1 Å². The van der Waals surface area contributed by atoms with Gasteiger partial charge in [0.1, 0.15) is 11.6 Å². The second-order valence-electron chi connectivity index (χ2n) is 7.40. The molecule has 0 saturated carbocycles. The lowest BCUT2D eigenvalue weighted by Crippen LogP contribution is -2.44. The number of alkyl halides is 6. The lowest BCUT2D eigenvalue weighted by molar-refractivity contribution is -0.146. The summed E-state index contributed by atoms with van der Waals surface area (Å²) in [4.78, 5) is 24.0. The standard InChI is InChI=1S/C19H23F6NO4/c1-5-29-15(27)14(26-16(28)30-17(2,3)4)7-6-11-8-12(18(20,21)22)10-13(9-11)19(23,24)25/h8-10,14H,5-7H2,1-4H3,(H,26,28)/t14-/m0/s1. The van der Waals surface area contributed by atoms with E-state index in [1.165, 1.54) is 6.92 Å². The molecule has 5 nitrogen and oxygen atoms in total. The van der Waals surface area contributed by atoms with Gasteiger partial charge in [0.25, 0.3) is 0 Å². The summed E-state index contributed by atoms with van der Waals surface area (Å²) in [6, 6.07) is -0.148. The Balaban J connectivity index is 3.09. The summed E-state index contributed by atoms with van der Waals surface area (Å²) in [5.41, 5.74) is -4.09. The van der Waals surface area contributed by atoms with Crippen LogP contribution >= 0.6 is 0 Å². The Morgan fingerprint density at radius 3 is 1.87 bits per heavy atom. The van der Waals surface area contributed by atoms with Crippen LogP contribution in [-0.4, -0.2) is 30.3 Å². The van der Waals surface area contributed by atoms with Crippen LogP contribution in [0.25, 0.3) is 0 Å². The largest absolute Gasteiger partial charge is 0.464 e. The summed E-state index contributed by atoms with van der Waals surface area (Å²) >= 11 is 0. The number of carbonyl (C=O) groups is 2. The fourth-order valence-corrected chi connectivity index (χ4v) is 2.42. The van der Waals surface area contributed by atoms with E-state index in [1.54, 1.807) is 20.8 Å². The quantitative estimate of drug-likeness (QED) is 0.490. The van der Waals surface area contributed by atoms with Crippen molar-refractivity contribution in [2.45, 2.75) is 64.5 Å². The van der Waals surface area contributed by atoms with Crippen molar-refractivity contribution in [3.8, 4) is 0 Å². The lowest BCUT2D eigenvalue weighted by Gasteiger charge is -2.23. The van der Waals surface area contributed by atoms with Gasteiger partial charge in [0, 0.05) is 0 Å². The number of ether oxygens (including phenoxy) is 2. The Hall–Kier alpha value is -2.46. The predicted molar refractivity (Wildman–Crippen MR) is 94.6 cm³/mol. The van der Waals surface area contributed by atoms with Crippen molar-refractivity contribution >= 4 is 12.1 Å². The van der Waals surface area contributed by atoms with Gasteiger partial charge in [0.2, 0.25) is 0 Å². The Labute approximate surface area is 169 Å². The summed E-state index contributed by atoms with van der Waals surface area (Å²) in [6.45, 7) is 6.20. The van der Waals surface area contributed by atoms with E-state index in [1.807, 2.05) is 0 Å². The number of hydrogen-bond acceptors (Lipinski definition) is 4. The van der Waals surface area contributed by atoms with Crippen LogP contribution in [0.15, 0.2) is 18.2 Å². The van der Waals surface area contributed by atoms with Gasteiger partial charge >= 0.3 is 24.4 Å². The van der Waals surface area contributed by atoms with Crippen LogP contribution in [0.5, 0.6) is 0 Å². The third-order valence-electron chi connectivity index (χ3n) is 3.63. The monoisotopic (exact) mass is 443 g/mol. The van der Waals surface area contributed by atoms with Crippen LogP contribution in [0.3, 0.4) is 0 Å². The molecule has 1 aromatic rings. The molecular weight excluding hydrogens is 420 g/mol. The smallest absolute Gasteiger partial charge is 0.416 e. The molecule has 0 aliphatic carbocycles. The van der Waals surface area contributed by atoms with Gasteiger partial charge in [0.15, 0.2) is 0 Å². The van der Waals surface area contributed by atoms with E-state index in [0.29, 0.717) is 12.1 Å². The highest BCUT2D eigenvalue weighted by Crippen LogP contribution is 2.36. The number of nitrogens with one attached hydrogen (secondary N) is 1. The van der Waals surface area contributed by atoms with Gasteiger partial charge in [-0.05, 0) is 64.3 Å². The minimum Gasteiger partial charge on any atom is -0.464 e. The van der Waals surface area contributed by atoms with E-state index in [2.05, 4.69) is 5.32 Å². The molecule has 170 valence electrons. The van der Waals surface area contributed by atoms with E-state index in [4.69, 9.17) is 9.47 Å². The van der Waals surface area contributed by atoms with Gasteiger partial charge in [-0.25, -0.2) is 9.59 Å². The maximum absolute atomic E-state index is 13.0. The number of hydrogen-bond donors (Lipinski definition) is 1. The molecule has 0 fully saturated rings. The molecular formula is C19H23F6NO4. The first kappa shape index (κ1) is 25.6. The topological polar surface area (TPSA) is 64.6 Å². The molecule has 0 saturated heterocycles. The Morgan fingerprint density at radius 1 is 0.967 bits per heavy atom. The maximum atomic E-state index is 13.0. The van der Waals surface area contributed by atoms with Crippen molar-refractivity contribution in [3.63, 3.8) is 0 Å². The highest BCUT2D eigenvalue weighted by molar-refractivity contribution is 5.81. The molecule has 0 bridgehead atoms. The van der Waals surface area contributed by atoms with Gasteiger partial charge in [-0.1, -0.05) is 0 Å². The number of amides is 1. The normalized spacial score (nSPS) is 13.5. The highest BCUT2D eigenvalue weighted by atomic mass is 19.4. The zero-order valence-electron chi connectivity index (χ0n) is 16.8. The number of carbonyl (C=O) groups excluding carboxylic acids is 2. The Morgan fingerprint density at radius 2 is 1.47 bits per heavy atom. The van der Waals surface area contributed by atoms with Crippen molar-refractivity contribution in [3.05, 3.63) is 34.9 Å². The number of rotatable bonds is 6. The van der Waals surface area contributed by atoms with E-state index in [9.17, 15) is 35.9 Å². The van der Waals surface area contributed by atoms with Gasteiger partial charge in [0.05, 0.1) is 17.7 Å². The van der Waals surface area contributed by atoms with Crippen LogP contribution in [0, 0.1) is 0 Å². The van der Waals surface area contributed by atoms with E-state index in [0.717, 1.165) is 0 Å². The van der Waals surface area contributed by atoms with Crippen molar-refractivity contribution in [1.82, 2.24) is 5.32 Å². The summed E-state index contributed by atoms with van der Waals surface area (Å²) in [5, 5.41) is 2.24. The van der Waals surface area contributed by atoms with Crippen molar-refractivity contribution in [2.75, 3.05) is 6.61 Å². The molecule has 11 heteroatoms. The molecule has 0 radical (unpaired) electrons. The van der Waals surface area contributed by atoms with Gasteiger partial charge < -0.3 is 14.8 Å². The molecule has 1 atom stereocenters. The first-order valence-corrected chi connectivity index (χ1v) is 8.97. The summed E-state index contributed by atoms with van der Waals surface area (Å²) in [6.07, 6.45) is -11.6. The molecule has 1 N–H and O–H groups in total. The minimum absolute atomic E-state index is 0.0191. The molecule has 0 aromatic heterocycles. The van der Waals surface area contributed by atoms with Crippen LogP contribution < -0.4 is 5.32 Å².